The van der Waals surface area contributed by atoms with Crippen LogP contribution in [0.5, 0.6) is 5.75 Å². The molecular formula is C9H14N2O. The third kappa shape index (κ3) is 2.42. The van der Waals surface area contributed by atoms with Crippen LogP contribution in [0, 0.1) is 0 Å². The highest BCUT2D eigenvalue weighted by Crippen LogP contribution is 2.07. The lowest BCUT2D eigenvalue weighted by atomic mass is 10.4. The number of hydrogen-bond donors (Lipinski definition) is 0. The highest BCUT2D eigenvalue weighted by atomic mass is 16.5. The third-order valence-corrected chi connectivity index (χ3v) is 1.52. The van der Waals surface area contributed by atoms with Gasteiger partial charge in [0.15, 0.2) is 5.75 Å². The lowest BCUT2D eigenvalue weighted by Gasteiger charge is -1.98. The zero-order valence-corrected chi connectivity index (χ0v) is 7.36. The largest absolute Gasteiger partial charge is 0.490 e. The molecule has 0 radical (unpaired) electrons. The molecule has 1 aromatic heterocycles. The van der Waals surface area contributed by atoms with Crippen molar-refractivity contribution >= 4 is 0 Å². The highest BCUT2D eigenvalue weighted by molar-refractivity contribution is 5.11. The summed E-state index contributed by atoms with van der Waals surface area (Å²) in [6.45, 7) is 7.21. The van der Waals surface area contributed by atoms with Crippen molar-refractivity contribution in [2.24, 2.45) is 0 Å². The van der Waals surface area contributed by atoms with Gasteiger partial charge in [-0.25, -0.2) is 0 Å². The van der Waals surface area contributed by atoms with Gasteiger partial charge in [-0.05, 0) is 13.3 Å². The maximum atomic E-state index is 5.37. The Morgan fingerprint density at radius 2 is 2.58 bits per heavy atom. The monoisotopic (exact) mass is 166 g/mol. The molecule has 0 fully saturated rings. The minimum Gasteiger partial charge on any atom is -0.490 e. The number of aryl methyl sites for hydroxylation is 1. The van der Waals surface area contributed by atoms with Crippen LogP contribution >= 0.6 is 0 Å². The highest BCUT2D eigenvalue weighted by Gasteiger charge is 1.95. The molecule has 66 valence electrons. The quantitative estimate of drug-likeness (QED) is 0.493. The lowest BCUT2D eigenvalue weighted by molar-refractivity contribution is 0.324. The Hall–Kier alpha value is -1.25. The summed E-state index contributed by atoms with van der Waals surface area (Å²) >= 11 is 0. The summed E-state index contributed by atoms with van der Waals surface area (Å²) in [5, 5.41) is 4.08. The molecule has 0 aliphatic carbocycles. The smallest absolute Gasteiger partial charge is 0.157 e. The zero-order chi connectivity index (χ0) is 8.81. The third-order valence-electron chi connectivity index (χ3n) is 1.52. The summed E-state index contributed by atoms with van der Waals surface area (Å²) in [6, 6.07) is 0. The Morgan fingerprint density at radius 3 is 3.17 bits per heavy atom. The molecule has 1 heterocycles. The summed E-state index contributed by atoms with van der Waals surface area (Å²) in [7, 11) is 0. The normalized spacial score (nSPS) is 9.75. The predicted octanol–water partition coefficient (Wildman–Crippen LogP) is 1.86. The van der Waals surface area contributed by atoms with Crippen LogP contribution in [0.4, 0.5) is 0 Å². The van der Waals surface area contributed by atoms with E-state index in [-0.39, 0.29) is 0 Å². The Kier molecular flexibility index (Phi) is 3.38. The van der Waals surface area contributed by atoms with Crippen molar-refractivity contribution in [3.05, 3.63) is 25.0 Å². The van der Waals surface area contributed by atoms with Crippen LogP contribution < -0.4 is 4.74 Å². The van der Waals surface area contributed by atoms with E-state index in [1.807, 2.05) is 23.9 Å². The Morgan fingerprint density at radius 1 is 1.75 bits per heavy atom. The minimum absolute atomic E-state index is 0.679. The molecule has 0 atom stereocenters. The lowest BCUT2D eigenvalue weighted by Crippen LogP contribution is -1.95. The molecule has 0 bridgehead atoms. The van der Waals surface area contributed by atoms with Gasteiger partial charge in [0, 0.05) is 6.54 Å². The van der Waals surface area contributed by atoms with E-state index in [1.54, 1.807) is 6.20 Å². The molecular weight excluding hydrogens is 152 g/mol. The van der Waals surface area contributed by atoms with Gasteiger partial charge in [-0.2, -0.15) is 5.10 Å². The maximum absolute atomic E-state index is 5.37. The van der Waals surface area contributed by atoms with Gasteiger partial charge in [-0.1, -0.05) is 6.08 Å². The zero-order valence-electron chi connectivity index (χ0n) is 7.36. The van der Waals surface area contributed by atoms with Crippen LogP contribution in [-0.2, 0) is 6.54 Å². The number of rotatable bonds is 5. The van der Waals surface area contributed by atoms with E-state index in [0.29, 0.717) is 6.61 Å². The first kappa shape index (κ1) is 8.84. The topological polar surface area (TPSA) is 27.1 Å². The minimum atomic E-state index is 0.679. The van der Waals surface area contributed by atoms with E-state index in [9.17, 15) is 0 Å². The SMILES string of the molecule is C=CCCOc1cnn(CC)c1. The molecule has 3 heteroatoms. The standard InChI is InChI=1S/C9H14N2O/c1-3-5-6-12-9-7-10-11(4-2)8-9/h3,7-8H,1,4-6H2,2H3. The van der Waals surface area contributed by atoms with E-state index in [2.05, 4.69) is 11.7 Å². The Labute approximate surface area is 72.7 Å². The second-order valence-electron chi connectivity index (χ2n) is 2.46. The number of nitrogens with zero attached hydrogens (tertiary/aromatic N) is 2. The van der Waals surface area contributed by atoms with E-state index < -0.39 is 0 Å². The first-order valence-corrected chi connectivity index (χ1v) is 4.13. The number of hydrogen-bond acceptors (Lipinski definition) is 2. The fraction of sp³-hybridized carbons (Fsp3) is 0.444. The molecule has 0 N–H and O–H groups in total. The van der Waals surface area contributed by atoms with Crippen LogP contribution in [-0.4, -0.2) is 16.4 Å². The van der Waals surface area contributed by atoms with Crippen LogP contribution in [0.3, 0.4) is 0 Å². The molecule has 0 amide bonds. The molecule has 0 saturated carbocycles. The van der Waals surface area contributed by atoms with Gasteiger partial charge in [0.1, 0.15) is 0 Å². The van der Waals surface area contributed by atoms with Gasteiger partial charge in [-0.15, -0.1) is 6.58 Å². The Bertz CT molecular complexity index is 242. The molecule has 0 spiro atoms. The summed E-state index contributed by atoms with van der Waals surface area (Å²) in [5.74, 6) is 0.832. The number of aromatic nitrogens is 2. The molecule has 12 heavy (non-hydrogen) atoms. The van der Waals surface area contributed by atoms with Crippen molar-refractivity contribution < 1.29 is 4.74 Å². The predicted molar refractivity (Wildman–Crippen MR) is 48.2 cm³/mol. The van der Waals surface area contributed by atoms with Crippen molar-refractivity contribution in [1.29, 1.82) is 0 Å². The average molecular weight is 166 g/mol. The second kappa shape index (κ2) is 4.59. The van der Waals surface area contributed by atoms with Crippen molar-refractivity contribution in [3.8, 4) is 5.75 Å². The van der Waals surface area contributed by atoms with Crippen LogP contribution in [0.2, 0.25) is 0 Å². The summed E-state index contributed by atoms with van der Waals surface area (Å²) in [5.41, 5.74) is 0. The van der Waals surface area contributed by atoms with E-state index in [1.165, 1.54) is 0 Å². The van der Waals surface area contributed by atoms with Crippen molar-refractivity contribution in [2.75, 3.05) is 6.61 Å². The number of ether oxygens (including phenoxy) is 1. The fourth-order valence-electron chi connectivity index (χ4n) is 0.852. The molecule has 0 aromatic carbocycles. The van der Waals surface area contributed by atoms with Gasteiger partial charge in [0.05, 0.1) is 19.0 Å². The van der Waals surface area contributed by atoms with E-state index in [0.717, 1.165) is 18.7 Å². The summed E-state index contributed by atoms with van der Waals surface area (Å²) in [6.07, 6.45) is 6.33. The maximum Gasteiger partial charge on any atom is 0.157 e. The molecule has 1 aromatic rings. The van der Waals surface area contributed by atoms with Gasteiger partial charge in [0.2, 0.25) is 0 Å². The van der Waals surface area contributed by atoms with Crippen molar-refractivity contribution in [1.82, 2.24) is 9.78 Å². The van der Waals surface area contributed by atoms with Crippen LogP contribution in [0.25, 0.3) is 0 Å². The van der Waals surface area contributed by atoms with Gasteiger partial charge in [-0.3, -0.25) is 4.68 Å². The first-order valence-electron chi connectivity index (χ1n) is 4.13. The van der Waals surface area contributed by atoms with Gasteiger partial charge < -0.3 is 4.74 Å². The molecule has 0 unspecified atom stereocenters. The Balaban J connectivity index is 2.36. The molecule has 0 saturated heterocycles. The van der Waals surface area contributed by atoms with E-state index in [4.69, 9.17) is 4.74 Å². The van der Waals surface area contributed by atoms with Gasteiger partial charge in [0.25, 0.3) is 0 Å². The first-order chi connectivity index (χ1) is 5.86. The second-order valence-corrected chi connectivity index (χ2v) is 2.46. The molecule has 0 aliphatic heterocycles. The fourth-order valence-corrected chi connectivity index (χ4v) is 0.852. The average Bonchev–Trinajstić information content (AvgIpc) is 2.53. The molecule has 1 rings (SSSR count). The van der Waals surface area contributed by atoms with Crippen molar-refractivity contribution in [2.45, 2.75) is 19.9 Å². The molecule has 0 aliphatic rings. The van der Waals surface area contributed by atoms with Crippen molar-refractivity contribution in [3.63, 3.8) is 0 Å². The van der Waals surface area contributed by atoms with Gasteiger partial charge >= 0.3 is 0 Å². The van der Waals surface area contributed by atoms with E-state index >= 15 is 0 Å². The van der Waals surface area contributed by atoms with Crippen LogP contribution in [0.1, 0.15) is 13.3 Å². The van der Waals surface area contributed by atoms with Crippen LogP contribution in [0.15, 0.2) is 25.0 Å². The summed E-state index contributed by atoms with van der Waals surface area (Å²) in [4.78, 5) is 0. The molecule has 3 nitrogen and oxygen atoms in total. The summed E-state index contributed by atoms with van der Waals surface area (Å²) < 4.78 is 7.21.